The number of aryl methyl sites for hydroxylation is 1. The zero-order valence-corrected chi connectivity index (χ0v) is 10.9. The first-order valence-corrected chi connectivity index (χ1v) is 6.28. The Hall–Kier alpha value is -1.68. The predicted molar refractivity (Wildman–Crippen MR) is 70.8 cm³/mol. The molecule has 1 heterocycles. The number of hydrogen-bond donors (Lipinski definition) is 0. The highest BCUT2D eigenvalue weighted by Crippen LogP contribution is 2.23. The van der Waals surface area contributed by atoms with Crippen LogP contribution in [0.25, 0.3) is 11.3 Å². The molecule has 0 amide bonds. The summed E-state index contributed by atoms with van der Waals surface area (Å²) in [6.07, 6.45) is 2.80. The number of rotatable bonds is 5. The zero-order chi connectivity index (χ0) is 13.0. The Morgan fingerprint density at radius 1 is 1.33 bits per heavy atom. The third-order valence-corrected chi connectivity index (χ3v) is 2.97. The van der Waals surface area contributed by atoms with Crippen LogP contribution in [0.5, 0.6) is 0 Å². The van der Waals surface area contributed by atoms with Crippen LogP contribution in [-0.4, -0.2) is 21.3 Å². The maximum Gasteiger partial charge on any atom is 0.172 e. The third kappa shape index (κ3) is 2.59. The second kappa shape index (κ2) is 5.78. The molecule has 2 rings (SSSR count). The molecule has 0 N–H and O–H groups in total. The molecule has 0 unspecified atom stereocenters. The van der Waals surface area contributed by atoms with Crippen molar-refractivity contribution in [3.63, 3.8) is 0 Å². The number of benzene rings is 1. The molecule has 0 radical (unpaired) electrons. The quantitative estimate of drug-likeness (QED) is 0.778. The lowest BCUT2D eigenvalue weighted by atomic mass is 10.1. The van der Waals surface area contributed by atoms with Crippen LogP contribution >= 0.6 is 11.6 Å². The second-order valence-electron chi connectivity index (χ2n) is 4.02. The summed E-state index contributed by atoms with van der Waals surface area (Å²) in [5.41, 5.74) is 2.03. The number of unbranched alkanes of at least 4 members (excludes halogenated alkanes) is 1. The van der Waals surface area contributed by atoms with E-state index in [4.69, 9.17) is 11.6 Å². The monoisotopic (exact) mass is 263 g/mol. The van der Waals surface area contributed by atoms with E-state index < -0.39 is 0 Å². The molecule has 0 aliphatic heterocycles. The van der Waals surface area contributed by atoms with Crippen molar-refractivity contribution in [2.24, 2.45) is 0 Å². The fraction of sp³-hybridized carbons (Fsp3) is 0.308. The summed E-state index contributed by atoms with van der Waals surface area (Å²) in [6.45, 7) is 2.87. The summed E-state index contributed by atoms with van der Waals surface area (Å²) < 4.78 is 1.77. The van der Waals surface area contributed by atoms with Crippen molar-refractivity contribution >= 4 is 17.9 Å². The van der Waals surface area contributed by atoms with Crippen molar-refractivity contribution in [3.8, 4) is 11.3 Å². The number of nitrogens with zero attached hydrogens (tertiary/aromatic N) is 3. The summed E-state index contributed by atoms with van der Waals surface area (Å²) in [4.78, 5) is 11.0. The van der Waals surface area contributed by atoms with E-state index in [0.717, 1.165) is 36.9 Å². The minimum Gasteiger partial charge on any atom is -0.296 e. The molecule has 0 spiro atoms. The van der Waals surface area contributed by atoms with Gasteiger partial charge in [-0.15, -0.1) is 5.10 Å². The summed E-state index contributed by atoms with van der Waals surface area (Å²) in [7, 11) is 0. The lowest BCUT2D eigenvalue weighted by Crippen LogP contribution is -2.03. The SMILES string of the molecule is CCCCn1nnc(C=O)c1-c1ccc(Cl)cc1. The van der Waals surface area contributed by atoms with Gasteiger partial charge in [0, 0.05) is 17.1 Å². The minimum absolute atomic E-state index is 0.369. The van der Waals surface area contributed by atoms with Crippen molar-refractivity contribution in [2.45, 2.75) is 26.3 Å². The van der Waals surface area contributed by atoms with Crippen LogP contribution in [0.2, 0.25) is 5.02 Å². The Labute approximate surface area is 111 Å². The van der Waals surface area contributed by atoms with E-state index in [9.17, 15) is 4.79 Å². The van der Waals surface area contributed by atoms with Crippen molar-refractivity contribution in [1.82, 2.24) is 15.0 Å². The fourth-order valence-corrected chi connectivity index (χ4v) is 1.90. The average molecular weight is 264 g/mol. The van der Waals surface area contributed by atoms with E-state index >= 15 is 0 Å². The molecule has 0 saturated heterocycles. The number of aldehydes is 1. The van der Waals surface area contributed by atoms with E-state index in [1.165, 1.54) is 0 Å². The highest BCUT2D eigenvalue weighted by molar-refractivity contribution is 6.30. The summed E-state index contributed by atoms with van der Waals surface area (Å²) in [5.74, 6) is 0. The van der Waals surface area contributed by atoms with Crippen LogP contribution in [-0.2, 0) is 6.54 Å². The van der Waals surface area contributed by atoms with E-state index in [1.54, 1.807) is 16.8 Å². The van der Waals surface area contributed by atoms with Crippen molar-refractivity contribution in [3.05, 3.63) is 35.0 Å². The van der Waals surface area contributed by atoms with Gasteiger partial charge in [0.05, 0.1) is 5.69 Å². The first kappa shape index (κ1) is 12.8. The van der Waals surface area contributed by atoms with Gasteiger partial charge in [-0.1, -0.05) is 42.3 Å². The maximum atomic E-state index is 11.0. The van der Waals surface area contributed by atoms with Crippen LogP contribution in [0, 0.1) is 0 Å². The highest BCUT2D eigenvalue weighted by atomic mass is 35.5. The molecule has 1 aromatic heterocycles. The molecule has 94 valence electrons. The molecule has 0 atom stereocenters. The lowest BCUT2D eigenvalue weighted by molar-refractivity contribution is 0.111. The molecule has 18 heavy (non-hydrogen) atoms. The van der Waals surface area contributed by atoms with Crippen LogP contribution in [0.4, 0.5) is 0 Å². The highest BCUT2D eigenvalue weighted by Gasteiger charge is 2.13. The van der Waals surface area contributed by atoms with Gasteiger partial charge >= 0.3 is 0 Å². The molecular formula is C13H14ClN3O. The van der Waals surface area contributed by atoms with Crippen molar-refractivity contribution in [2.75, 3.05) is 0 Å². The molecule has 5 heteroatoms. The Morgan fingerprint density at radius 3 is 2.67 bits per heavy atom. The van der Waals surface area contributed by atoms with Gasteiger partial charge in [0.15, 0.2) is 12.0 Å². The molecule has 0 fully saturated rings. The fourth-order valence-electron chi connectivity index (χ4n) is 1.77. The third-order valence-electron chi connectivity index (χ3n) is 2.71. The standard InChI is InChI=1S/C13H14ClN3O/c1-2-3-8-17-13(12(9-18)15-16-17)10-4-6-11(14)7-5-10/h4-7,9H,2-3,8H2,1H3. The number of halogens is 1. The average Bonchev–Trinajstić information content (AvgIpc) is 2.80. The minimum atomic E-state index is 0.369. The molecule has 0 aliphatic rings. The smallest absolute Gasteiger partial charge is 0.172 e. The number of carbonyl (C=O) groups excluding carboxylic acids is 1. The van der Waals surface area contributed by atoms with Gasteiger partial charge in [-0.05, 0) is 18.6 Å². The maximum absolute atomic E-state index is 11.0. The van der Waals surface area contributed by atoms with E-state index in [0.29, 0.717) is 10.7 Å². The van der Waals surface area contributed by atoms with Gasteiger partial charge in [0.2, 0.25) is 0 Å². The Bertz CT molecular complexity index is 534. The van der Waals surface area contributed by atoms with Crippen LogP contribution in [0.15, 0.2) is 24.3 Å². The Morgan fingerprint density at radius 2 is 2.06 bits per heavy atom. The zero-order valence-electron chi connectivity index (χ0n) is 10.1. The van der Waals surface area contributed by atoms with Gasteiger partial charge in [-0.2, -0.15) is 0 Å². The first-order valence-electron chi connectivity index (χ1n) is 5.91. The summed E-state index contributed by atoms with van der Waals surface area (Å²) in [6, 6.07) is 7.33. The molecular weight excluding hydrogens is 250 g/mol. The first-order chi connectivity index (χ1) is 8.76. The van der Waals surface area contributed by atoms with Gasteiger partial charge in [-0.3, -0.25) is 4.79 Å². The Kier molecular flexibility index (Phi) is 4.10. The number of aromatic nitrogens is 3. The van der Waals surface area contributed by atoms with Crippen LogP contribution < -0.4 is 0 Å². The van der Waals surface area contributed by atoms with Crippen molar-refractivity contribution < 1.29 is 4.79 Å². The Balaban J connectivity index is 2.42. The molecule has 0 aliphatic carbocycles. The summed E-state index contributed by atoms with van der Waals surface area (Å²) >= 11 is 5.86. The van der Waals surface area contributed by atoms with E-state index in [1.807, 2.05) is 12.1 Å². The topological polar surface area (TPSA) is 47.8 Å². The lowest BCUT2D eigenvalue weighted by Gasteiger charge is -2.06. The van der Waals surface area contributed by atoms with Crippen LogP contribution in [0.1, 0.15) is 30.3 Å². The van der Waals surface area contributed by atoms with E-state index in [-0.39, 0.29) is 0 Å². The van der Waals surface area contributed by atoms with Gasteiger partial charge in [0.1, 0.15) is 0 Å². The molecule has 1 aromatic carbocycles. The largest absolute Gasteiger partial charge is 0.296 e. The van der Waals surface area contributed by atoms with Gasteiger partial charge < -0.3 is 0 Å². The van der Waals surface area contributed by atoms with Crippen molar-refractivity contribution in [1.29, 1.82) is 0 Å². The second-order valence-corrected chi connectivity index (χ2v) is 4.46. The normalized spacial score (nSPS) is 10.6. The number of carbonyl (C=O) groups is 1. The molecule has 0 saturated carbocycles. The predicted octanol–water partition coefficient (Wildman–Crippen LogP) is 3.21. The summed E-state index contributed by atoms with van der Waals surface area (Å²) in [5, 5.41) is 8.59. The number of hydrogen-bond acceptors (Lipinski definition) is 3. The van der Waals surface area contributed by atoms with Gasteiger partial charge in [0.25, 0.3) is 0 Å². The molecule has 2 aromatic rings. The van der Waals surface area contributed by atoms with Gasteiger partial charge in [-0.25, -0.2) is 4.68 Å². The molecule has 0 bridgehead atoms. The van der Waals surface area contributed by atoms with E-state index in [2.05, 4.69) is 17.2 Å². The van der Waals surface area contributed by atoms with Crippen LogP contribution in [0.3, 0.4) is 0 Å². The molecule has 4 nitrogen and oxygen atoms in total.